The Hall–Kier alpha value is -3.52. The first-order chi connectivity index (χ1) is 17.5. The zero-order valence-corrected chi connectivity index (χ0v) is 21.3. The fraction of sp³-hybridized carbons (Fsp3) is 0.231. The van der Waals surface area contributed by atoms with Crippen molar-refractivity contribution in [3.63, 3.8) is 0 Å². The number of H-pyrrole nitrogens is 1. The van der Waals surface area contributed by atoms with Crippen molar-refractivity contribution >= 4 is 42.5 Å². The Kier molecular flexibility index (Phi) is 8.15. The van der Waals surface area contributed by atoms with Crippen molar-refractivity contribution < 1.29 is 13.9 Å². The molecule has 2 aromatic carbocycles. The topological polar surface area (TPSA) is 106 Å². The summed E-state index contributed by atoms with van der Waals surface area (Å²) in [5.74, 6) is 0.717. The third-order valence-electron chi connectivity index (χ3n) is 5.85. The van der Waals surface area contributed by atoms with E-state index in [1.165, 1.54) is 13.1 Å². The van der Waals surface area contributed by atoms with Crippen LogP contribution in [0.4, 0.5) is 21.6 Å². The molecule has 3 heterocycles. The lowest BCUT2D eigenvalue weighted by Gasteiger charge is -2.29. The number of benzene rings is 2. The number of morpholine rings is 1. The predicted molar refractivity (Wildman–Crippen MR) is 147 cm³/mol. The van der Waals surface area contributed by atoms with Crippen LogP contribution >= 0.6 is 9.24 Å². The van der Waals surface area contributed by atoms with E-state index < -0.39 is 0 Å². The summed E-state index contributed by atoms with van der Waals surface area (Å²) in [6.07, 6.45) is 1.60. The van der Waals surface area contributed by atoms with Crippen molar-refractivity contribution in [2.75, 3.05) is 50.7 Å². The van der Waals surface area contributed by atoms with Crippen molar-refractivity contribution in [2.24, 2.45) is 5.73 Å². The minimum atomic E-state index is -0.345. The van der Waals surface area contributed by atoms with Crippen LogP contribution in [0.15, 0.2) is 59.5 Å². The van der Waals surface area contributed by atoms with E-state index in [0.29, 0.717) is 60.3 Å². The molecule has 1 fully saturated rings. The van der Waals surface area contributed by atoms with Crippen molar-refractivity contribution in [2.45, 2.75) is 0 Å². The van der Waals surface area contributed by atoms with E-state index in [0.717, 1.165) is 16.3 Å². The number of ether oxygens (including phenoxy) is 2. The van der Waals surface area contributed by atoms with E-state index in [1.54, 1.807) is 25.4 Å². The zero-order chi connectivity index (χ0) is 25.7. The highest BCUT2D eigenvalue weighted by Crippen LogP contribution is 2.31. The Morgan fingerprint density at radius 1 is 1.14 bits per heavy atom. The third kappa shape index (κ3) is 5.33. The number of methoxy groups -OCH3 is 1. The maximum absolute atomic E-state index is 15.0. The lowest BCUT2D eigenvalue weighted by molar-refractivity contribution is 0.122. The fourth-order valence-corrected chi connectivity index (χ4v) is 4.40. The molecule has 5 rings (SSSR count). The SMILES string of the molecule is CN.COc1cc(-c2cc3cc[nH]c(=O)c3c(Nc3ccc(N4CCOCC4)c(F)c3)n2)ccc1P. The molecular formula is C26H29FN5O3P. The fourth-order valence-electron chi connectivity index (χ4n) is 4.11. The van der Waals surface area contributed by atoms with Crippen LogP contribution in [0, 0.1) is 5.82 Å². The number of aromatic nitrogens is 2. The van der Waals surface area contributed by atoms with E-state index in [4.69, 9.17) is 14.5 Å². The van der Waals surface area contributed by atoms with Gasteiger partial charge in [0.2, 0.25) is 0 Å². The maximum Gasteiger partial charge on any atom is 0.259 e. The number of hydrogen-bond acceptors (Lipinski definition) is 7. The van der Waals surface area contributed by atoms with Gasteiger partial charge in [0, 0.05) is 35.8 Å². The Morgan fingerprint density at radius 2 is 1.92 bits per heavy atom. The van der Waals surface area contributed by atoms with Gasteiger partial charge < -0.3 is 30.4 Å². The summed E-state index contributed by atoms with van der Waals surface area (Å²) < 4.78 is 25.8. The molecule has 36 heavy (non-hydrogen) atoms. The number of hydrogen-bond donors (Lipinski definition) is 3. The molecule has 0 amide bonds. The van der Waals surface area contributed by atoms with Crippen molar-refractivity contribution in [1.29, 1.82) is 0 Å². The van der Waals surface area contributed by atoms with E-state index in [-0.39, 0.29) is 11.4 Å². The number of halogens is 1. The second-order valence-electron chi connectivity index (χ2n) is 7.97. The first-order valence-electron chi connectivity index (χ1n) is 11.5. The van der Waals surface area contributed by atoms with Crippen molar-refractivity contribution in [1.82, 2.24) is 9.97 Å². The number of pyridine rings is 2. The number of rotatable bonds is 5. The summed E-state index contributed by atoms with van der Waals surface area (Å²) in [5.41, 5.74) is 6.75. The Bertz CT molecular complexity index is 1420. The molecule has 1 unspecified atom stereocenters. The molecule has 0 bridgehead atoms. The van der Waals surface area contributed by atoms with E-state index in [9.17, 15) is 9.18 Å². The molecule has 0 spiro atoms. The van der Waals surface area contributed by atoms with Crippen molar-refractivity contribution in [3.05, 3.63) is 70.9 Å². The minimum absolute atomic E-state index is 0.276. The number of nitrogens with one attached hydrogen (secondary N) is 2. The first kappa shape index (κ1) is 25.6. The Labute approximate surface area is 210 Å². The minimum Gasteiger partial charge on any atom is -0.496 e. The molecule has 10 heteroatoms. The van der Waals surface area contributed by atoms with Crippen LogP contribution in [0.25, 0.3) is 22.0 Å². The summed E-state index contributed by atoms with van der Waals surface area (Å²) in [6.45, 7) is 2.44. The van der Waals surface area contributed by atoms with Gasteiger partial charge in [-0.25, -0.2) is 9.37 Å². The molecule has 1 atom stereocenters. The van der Waals surface area contributed by atoms with Crippen LogP contribution in [-0.2, 0) is 4.74 Å². The van der Waals surface area contributed by atoms with E-state index in [2.05, 4.69) is 25.3 Å². The number of nitrogens with zero attached hydrogens (tertiary/aromatic N) is 2. The number of fused-ring (bicyclic) bond motifs is 1. The van der Waals surface area contributed by atoms with Gasteiger partial charge in [-0.2, -0.15) is 0 Å². The molecule has 4 aromatic rings. The van der Waals surface area contributed by atoms with Crippen LogP contribution in [0.5, 0.6) is 5.75 Å². The number of anilines is 3. The number of aromatic amines is 1. The maximum atomic E-state index is 15.0. The molecule has 4 N–H and O–H groups in total. The largest absolute Gasteiger partial charge is 0.496 e. The van der Waals surface area contributed by atoms with Crippen LogP contribution in [0.3, 0.4) is 0 Å². The first-order valence-corrected chi connectivity index (χ1v) is 12.0. The Balaban J connectivity index is 0.00000148. The van der Waals surface area contributed by atoms with Gasteiger partial charge in [-0.15, -0.1) is 9.24 Å². The summed E-state index contributed by atoms with van der Waals surface area (Å²) in [6, 6.07) is 14.4. The molecule has 1 aliphatic heterocycles. The monoisotopic (exact) mass is 509 g/mol. The quantitative estimate of drug-likeness (QED) is 0.354. The van der Waals surface area contributed by atoms with Gasteiger partial charge in [-0.1, -0.05) is 12.1 Å². The summed E-state index contributed by atoms with van der Waals surface area (Å²) in [7, 11) is 5.75. The molecule has 1 saturated heterocycles. The molecule has 0 radical (unpaired) electrons. The second kappa shape index (κ2) is 11.5. The zero-order valence-electron chi connectivity index (χ0n) is 20.2. The van der Waals surface area contributed by atoms with Crippen LogP contribution in [-0.4, -0.2) is 50.4 Å². The normalized spacial score (nSPS) is 13.2. The average molecular weight is 510 g/mol. The second-order valence-corrected chi connectivity index (χ2v) is 8.60. The molecule has 0 aliphatic carbocycles. The highest BCUT2D eigenvalue weighted by Gasteiger charge is 2.17. The van der Waals surface area contributed by atoms with Gasteiger partial charge in [0.15, 0.2) is 0 Å². The van der Waals surface area contributed by atoms with Crippen LogP contribution < -0.4 is 31.6 Å². The average Bonchev–Trinajstić information content (AvgIpc) is 2.90. The molecule has 188 valence electrons. The molecule has 2 aromatic heterocycles. The highest BCUT2D eigenvalue weighted by molar-refractivity contribution is 7.27. The molecule has 0 saturated carbocycles. The Morgan fingerprint density at radius 3 is 2.64 bits per heavy atom. The van der Waals surface area contributed by atoms with Gasteiger partial charge in [-0.05, 0) is 48.8 Å². The number of nitrogens with two attached hydrogens (primary N) is 1. The molecular weight excluding hydrogens is 480 g/mol. The van der Waals surface area contributed by atoms with Gasteiger partial charge >= 0.3 is 0 Å². The van der Waals surface area contributed by atoms with Crippen LogP contribution in [0.2, 0.25) is 0 Å². The third-order valence-corrected chi connectivity index (χ3v) is 6.32. The smallest absolute Gasteiger partial charge is 0.259 e. The van der Waals surface area contributed by atoms with Crippen molar-refractivity contribution in [3.8, 4) is 17.0 Å². The van der Waals surface area contributed by atoms with Gasteiger partial charge in [-0.3, -0.25) is 4.79 Å². The van der Waals surface area contributed by atoms with Gasteiger partial charge in [0.25, 0.3) is 5.56 Å². The van der Waals surface area contributed by atoms with E-state index in [1.807, 2.05) is 35.2 Å². The summed E-state index contributed by atoms with van der Waals surface area (Å²) in [5, 5.41) is 5.21. The molecule has 8 nitrogen and oxygen atoms in total. The standard InChI is InChI=1S/C25H24FN4O3P.CH5N/c1-32-21-13-15(2-5-22(21)34)19-12-16-6-7-27-25(31)23(16)24(29-19)28-17-3-4-20(18(26)14-17)30-8-10-33-11-9-30;1-2/h2-7,12-14H,8-11,34H2,1H3,(H,27,31)(H,28,29);2H2,1H3. The lowest BCUT2D eigenvalue weighted by atomic mass is 10.1. The van der Waals surface area contributed by atoms with E-state index >= 15 is 0 Å². The summed E-state index contributed by atoms with van der Waals surface area (Å²) in [4.78, 5) is 22.1. The highest BCUT2D eigenvalue weighted by atomic mass is 31.0. The van der Waals surface area contributed by atoms with Gasteiger partial charge in [0.05, 0.1) is 37.1 Å². The van der Waals surface area contributed by atoms with Crippen LogP contribution in [0.1, 0.15) is 0 Å². The lowest BCUT2D eigenvalue weighted by Crippen LogP contribution is -2.36. The van der Waals surface area contributed by atoms with Gasteiger partial charge in [0.1, 0.15) is 17.4 Å². The molecule has 1 aliphatic rings. The predicted octanol–water partition coefficient (Wildman–Crippen LogP) is 3.39. The summed E-state index contributed by atoms with van der Waals surface area (Å²) >= 11 is 0.